The maximum atomic E-state index is 13.3. The van der Waals surface area contributed by atoms with Gasteiger partial charge < -0.3 is 10.5 Å². The van der Waals surface area contributed by atoms with Crippen molar-refractivity contribution in [2.75, 3.05) is 5.73 Å². The molecule has 0 atom stereocenters. The number of hydrogen-bond acceptors (Lipinski definition) is 4. The van der Waals surface area contributed by atoms with Gasteiger partial charge in [-0.3, -0.25) is 0 Å². The van der Waals surface area contributed by atoms with Gasteiger partial charge in [0.1, 0.15) is 11.6 Å². The van der Waals surface area contributed by atoms with Crippen LogP contribution in [0.1, 0.15) is 11.3 Å². The van der Waals surface area contributed by atoms with Crippen LogP contribution in [-0.4, -0.2) is 22.5 Å². The van der Waals surface area contributed by atoms with Crippen molar-refractivity contribution >= 4 is 12.2 Å². The highest BCUT2D eigenvalue weighted by Gasteiger charge is 2.07. The van der Waals surface area contributed by atoms with Gasteiger partial charge in [-0.05, 0) is 19.1 Å². The van der Waals surface area contributed by atoms with Crippen LogP contribution in [0.15, 0.2) is 29.5 Å². The van der Waals surface area contributed by atoms with E-state index in [1.807, 2.05) is 0 Å². The predicted molar refractivity (Wildman–Crippen MR) is 67.4 cm³/mol. The largest absolute Gasteiger partial charge is 0.435 e. The van der Waals surface area contributed by atoms with E-state index in [9.17, 15) is 13.2 Å². The highest BCUT2D eigenvalue weighted by Crippen LogP contribution is 2.17. The van der Waals surface area contributed by atoms with E-state index in [1.165, 1.54) is 17.0 Å². The van der Waals surface area contributed by atoms with Gasteiger partial charge in [0.25, 0.3) is 0 Å². The first-order valence-electron chi connectivity index (χ1n) is 5.55. The number of nitrogen functional groups attached to an aromatic ring is 1. The van der Waals surface area contributed by atoms with E-state index in [1.54, 1.807) is 13.1 Å². The van der Waals surface area contributed by atoms with Gasteiger partial charge in [0.15, 0.2) is 0 Å². The maximum Gasteiger partial charge on any atom is 0.387 e. The molecule has 0 aliphatic rings. The normalized spacial score (nSPS) is 11.4. The number of nitrogens with two attached hydrogens (primary N) is 1. The monoisotopic (exact) mass is 284 g/mol. The van der Waals surface area contributed by atoms with Crippen molar-refractivity contribution in [3.8, 4) is 5.75 Å². The molecule has 1 aromatic heterocycles. The van der Waals surface area contributed by atoms with E-state index >= 15 is 0 Å². The van der Waals surface area contributed by atoms with Crippen molar-refractivity contribution < 1.29 is 17.9 Å². The first kappa shape index (κ1) is 13.9. The zero-order chi connectivity index (χ0) is 14.7. The summed E-state index contributed by atoms with van der Waals surface area (Å²) in [4.78, 5) is 3.93. The lowest BCUT2D eigenvalue weighted by Crippen LogP contribution is -2.03. The topological polar surface area (TPSA) is 65.4 Å². The molecule has 0 bridgehead atoms. The third-order valence-electron chi connectivity index (χ3n) is 2.28. The Morgan fingerprint density at radius 3 is 2.75 bits per heavy atom. The number of aryl methyl sites for hydroxylation is 1. The van der Waals surface area contributed by atoms with Crippen LogP contribution in [0.5, 0.6) is 5.75 Å². The Morgan fingerprint density at radius 1 is 1.40 bits per heavy atom. The van der Waals surface area contributed by atoms with Crippen LogP contribution in [-0.2, 0) is 0 Å². The van der Waals surface area contributed by atoms with Crippen LogP contribution < -0.4 is 10.5 Å². The fourth-order valence-corrected chi connectivity index (χ4v) is 1.56. The van der Waals surface area contributed by atoms with E-state index < -0.39 is 12.4 Å². The van der Waals surface area contributed by atoms with Crippen molar-refractivity contribution in [2.24, 2.45) is 5.10 Å². The Kier molecular flexibility index (Phi) is 3.92. The van der Waals surface area contributed by atoms with E-state index in [-0.39, 0.29) is 17.3 Å². The second-order valence-corrected chi connectivity index (χ2v) is 3.93. The Bertz CT molecular complexity index is 640. The minimum absolute atomic E-state index is 0.166. The number of benzene rings is 1. The Morgan fingerprint density at radius 2 is 2.15 bits per heavy atom. The van der Waals surface area contributed by atoms with Gasteiger partial charge >= 0.3 is 6.61 Å². The standard InChI is InChI=1S/C12H11F3N4O/c1-7-6-19(12(16)18-7)17-5-8-2-9(13)4-10(3-8)20-11(14)15/h2-6,11H,1H3,(H2,16,18). The van der Waals surface area contributed by atoms with Crippen molar-refractivity contribution in [1.29, 1.82) is 0 Å². The highest BCUT2D eigenvalue weighted by atomic mass is 19.3. The number of nitrogens with zero attached hydrogens (tertiary/aromatic N) is 3. The number of halogens is 3. The molecule has 1 heterocycles. The Balaban J connectivity index is 2.24. The molecule has 0 saturated heterocycles. The number of anilines is 1. The van der Waals surface area contributed by atoms with Gasteiger partial charge in [-0.15, -0.1) is 0 Å². The Labute approximate surface area is 112 Å². The molecule has 20 heavy (non-hydrogen) atoms. The lowest BCUT2D eigenvalue weighted by atomic mass is 10.2. The molecule has 0 amide bonds. The molecular weight excluding hydrogens is 273 g/mol. The quantitative estimate of drug-likeness (QED) is 0.877. The second-order valence-electron chi connectivity index (χ2n) is 3.93. The molecule has 2 rings (SSSR count). The zero-order valence-corrected chi connectivity index (χ0v) is 10.4. The van der Waals surface area contributed by atoms with Gasteiger partial charge in [0.2, 0.25) is 5.95 Å². The summed E-state index contributed by atoms with van der Waals surface area (Å²) in [5, 5.41) is 3.95. The molecule has 0 fully saturated rings. The molecule has 0 aliphatic carbocycles. The number of alkyl halides is 2. The molecule has 106 valence electrons. The van der Waals surface area contributed by atoms with Gasteiger partial charge in [-0.2, -0.15) is 13.9 Å². The summed E-state index contributed by atoms with van der Waals surface area (Å²) < 4.78 is 42.8. The first-order chi connectivity index (χ1) is 9.44. The van der Waals surface area contributed by atoms with Gasteiger partial charge in [0.05, 0.1) is 18.1 Å². The van der Waals surface area contributed by atoms with Crippen LogP contribution in [0.25, 0.3) is 0 Å². The molecule has 0 spiro atoms. The van der Waals surface area contributed by atoms with E-state index in [0.29, 0.717) is 5.69 Å². The molecular formula is C12H11F3N4O. The molecule has 2 aromatic rings. The SMILES string of the molecule is Cc1cn(N=Cc2cc(F)cc(OC(F)F)c2)c(N)n1. The highest BCUT2D eigenvalue weighted by molar-refractivity contribution is 5.80. The van der Waals surface area contributed by atoms with Crippen LogP contribution >= 0.6 is 0 Å². The van der Waals surface area contributed by atoms with Crippen molar-refractivity contribution in [3.63, 3.8) is 0 Å². The second kappa shape index (κ2) is 5.64. The number of hydrogen-bond donors (Lipinski definition) is 1. The van der Waals surface area contributed by atoms with Crippen molar-refractivity contribution in [3.05, 3.63) is 41.5 Å². The zero-order valence-electron chi connectivity index (χ0n) is 10.4. The average Bonchev–Trinajstić information content (AvgIpc) is 2.63. The van der Waals surface area contributed by atoms with Crippen LogP contribution in [0.4, 0.5) is 19.1 Å². The number of ether oxygens (including phenoxy) is 1. The smallest absolute Gasteiger partial charge is 0.387 e. The molecule has 8 heteroatoms. The van der Waals surface area contributed by atoms with Crippen LogP contribution in [0.2, 0.25) is 0 Å². The van der Waals surface area contributed by atoms with Gasteiger partial charge in [0, 0.05) is 11.6 Å². The minimum Gasteiger partial charge on any atom is -0.435 e. The van der Waals surface area contributed by atoms with Crippen molar-refractivity contribution in [2.45, 2.75) is 13.5 Å². The van der Waals surface area contributed by atoms with Crippen LogP contribution in [0, 0.1) is 12.7 Å². The summed E-state index contributed by atoms with van der Waals surface area (Å²) in [6.45, 7) is -1.28. The molecule has 0 aliphatic heterocycles. The van der Waals surface area contributed by atoms with E-state index in [0.717, 1.165) is 12.1 Å². The van der Waals surface area contributed by atoms with Crippen molar-refractivity contribution in [1.82, 2.24) is 9.66 Å². The summed E-state index contributed by atoms with van der Waals surface area (Å²) in [7, 11) is 0. The third kappa shape index (κ3) is 3.50. The number of imidazole rings is 1. The molecule has 0 unspecified atom stereocenters. The fourth-order valence-electron chi connectivity index (χ4n) is 1.56. The molecule has 1 aromatic carbocycles. The minimum atomic E-state index is -3.02. The van der Waals surface area contributed by atoms with E-state index in [2.05, 4.69) is 14.8 Å². The summed E-state index contributed by atoms with van der Waals surface area (Å²) in [5.41, 5.74) is 6.49. The fraction of sp³-hybridized carbons (Fsp3) is 0.167. The predicted octanol–water partition coefficient (Wildman–Crippen LogP) is 2.40. The van der Waals surface area contributed by atoms with Crippen LogP contribution in [0.3, 0.4) is 0 Å². The summed E-state index contributed by atoms with van der Waals surface area (Å²) in [6.07, 6.45) is 2.83. The average molecular weight is 284 g/mol. The lowest BCUT2D eigenvalue weighted by molar-refractivity contribution is -0.0499. The van der Waals surface area contributed by atoms with Gasteiger partial charge in [-0.1, -0.05) is 0 Å². The maximum absolute atomic E-state index is 13.3. The Hall–Kier alpha value is -2.51. The van der Waals surface area contributed by atoms with Gasteiger partial charge in [-0.25, -0.2) is 14.1 Å². The first-order valence-corrected chi connectivity index (χ1v) is 5.55. The lowest BCUT2D eigenvalue weighted by Gasteiger charge is -2.05. The van der Waals surface area contributed by atoms with E-state index in [4.69, 9.17) is 5.73 Å². The third-order valence-corrected chi connectivity index (χ3v) is 2.28. The number of rotatable bonds is 4. The summed E-state index contributed by atoms with van der Waals surface area (Å²) >= 11 is 0. The molecule has 0 radical (unpaired) electrons. The summed E-state index contributed by atoms with van der Waals surface area (Å²) in [6, 6.07) is 3.22. The molecule has 0 saturated carbocycles. The molecule has 5 nitrogen and oxygen atoms in total. The summed E-state index contributed by atoms with van der Waals surface area (Å²) in [5.74, 6) is -0.824. The number of aromatic nitrogens is 2. The molecule has 2 N–H and O–H groups in total.